The van der Waals surface area contributed by atoms with E-state index < -0.39 is 11.4 Å². The largest absolute Gasteiger partial charge is 0.481 e. The Morgan fingerprint density at radius 3 is 2.62 bits per heavy atom. The molecule has 0 radical (unpaired) electrons. The summed E-state index contributed by atoms with van der Waals surface area (Å²) in [4.78, 5) is 26.2. The maximum absolute atomic E-state index is 11.9. The number of rotatable bonds is 3. The van der Waals surface area contributed by atoms with Crippen molar-refractivity contribution in [3.8, 4) is 5.69 Å². The first-order chi connectivity index (χ1) is 10.1. The molecule has 0 atom stereocenters. The van der Waals surface area contributed by atoms with Gasteiger partial charge in [-0.2, -0.15) is 0 Å². The van der Waals surface area contributed by atoms with E-state index in [2.05, 4.69) is 4.98 Å². The Labute approximate surface area is 122 Å². The summed E-state index contributed by atoms with van der Waals surface area (Å²) in [6.07, 6.45) is 7.49. The molecule has 0 unspecified atom stereocenters. The first kappa shape index (κ1) is 13.7. The molecule has 110 valence electrons. The van der Waals surface area contributed by atoms with Crippen molar-refractivity contribution in [2.24, 2.45) is 0 Å². The first-order valence-corrected chi connectivity index (χ1v) is 7.24. The molecule has 0 amide bonds. The Hall–Kier alpha value is -2.30. The maximum Gasteiger partial charge on any atom is 0.330 e. The second-order valence-electron chi connectivity index (χ2n) is 5.63. The van der Waals surface area contributed by atoms with E-state index in [0.29, 0.717) is 18.5 Å². The monoisotopic (exact) mass is 286 g/mol. The zero-order valence-electron chi connectivity index (χ0n) is 11.7. The molecule has 1 heterocycles. The lowest BCUT2D eigenvalue weighted by molar-refractivity contribution is -0.145. The Bertz CT molecular complexity index is 708. The molecular weight excluding hydrogens is 268 g/mol. The molecule has 1 aliphatic rings. The summed E-state index contributed by atoms with van der Waals surface area (Å²) < 4.78 is 1.49. The first-order valence-electron chi connectivity index (χ1n) is 7.24. The van der Waals surface area contributed by atoms with Crippen LogP contribution >= 0.6 is 0 Å². The van der Waals surface area contributed by atoms with Gasteiger partial charge in [-0.25, -0.2) is 4.79 Å². The Balaban J connectivity index is 2.08. The number of benzene rings is 1. The number of nitrogens with one attached hydrogen (secondary N) is 1. The van der Waals surface area contributed by atoms with Crippen LogP contribution in [0.1, 0.15) is 37.7 Å². The van der Waals surface area contributed by atoms with Gasteiger partial charge >= 0.3 is 11.7 Å². The summed E-state index contributed by atoms with van der Waals surface area (Å²) >= 11 is 0. The molecule has 5 heteroatoms. The van der Waals surface area contributed by atoms with Crippen LogP contribution in [0.4, 0.5) is 0 Å². The van der Waals surface area contributed by atoms with Crippen molar-refractivity contribution < 1.29 is 9.90 Å². The minimum atomic E-state index is -0.811. The van der Waals surface area contributed by atoms with Gasteiger partial charge in [0.15, 0.2) is 0 Å². The number of hydrogen-bond donors (Lipinski definition) is 2. The highest BCUT2D eigenvalue weighted by atomic mass is 16.4. The van der Waals surface area contributed by atoms with Crippen LogP contribution in [0.3, 0.4) is 0 Å². The fourth-order valence-corrected chi connectivity index (χ4v) is 3.26. The lowest BCUT2D eigenvalue weighted by Crippen LogP contribution is -2.37. The Kier molecular flexibility index (Phi) is 3.41. The van der Waals surface area contributed by atoms with Crippen LogP contribution in [0, 0.1) is 0 Å². The predicted octanol–water partition coefficient (Wildman–Crippen LogP) is 2.45. The summed E-state index contributed by atoms with van der Waals surface area (Å²) in [6.45, 7) is 0. The number of nitrogens with zero attached hydrogens (tertiary/aromatic N) is 1. The van der Waals surface area contributed by atoms with E-state index >= 15 is 0 Å². The van der Waals surface area contributed by atoms with Crippen molar-refractivity contribution in [3.05, 3.63) is 52.7 Å². The molecule has 1 saturated carbocycles. The van der Waals surface area contributed by atoms with Crippen LogP contribution in [0.2, 0.25) is 0 Å². The number of carboxylic acids is 1. The van der Waals surface area contributed by atoms with Crippen LogP contribution in [-0.2, 0) is 10.2 Å². The molecule has 3 rings (SSSR count). The van der Waals surface area contributed by atoms with Crippen LogP contribution < -0.4 is 5.69 Å². The van der Waals surface area contributed by atoms with Gasteiger partial charge in [-0.15, -0.1) is 0 Å². The van der Waals surface area contributed by atoms with E-state index in [0.717, 1.165) is 24.8 Å². The molecule has 0 aliphatic heterocycles. The van der Waals surface area contributed by atoms with Gasteiger partial charge in [0, 0.05) is 12.4 Å². The summed E-state index contributed by atoms with van der Waals surface area (Å²) in [7, 11) is 0. The average molecular weight is 286 g/mol. The molecule has 1 aromatic carbocycles. The lowest BCUT2D eigenvalue weighted by Gasteiger charge is -2.33. The zero-order chi connectivity index (χ0) is 14.9. The van der Waals surface area contributed by atoms with Crippen molar-refractivity contribution in [2.45, 2.75) is 37.5 Å². The number of carbonyl (C=O) groups is 1. The molecule has 1 fully saturated rings. The molecular formula is C16H18N2O3. The molecule has 0 bridgehead atoms. The molecule has 2 N–H and O–H groups in total. The molecule has 1 aromatic heterocycles. The van der Waals surface area contributed by atoms with E-state index in [1.807, 2.05) is 24.3 Å². The van der Waals surface area contributed by atoms with Crippen molar-refractivity contribution in [3.63, 3.8) is 0 Å². The van der Waals surface area contributed by atoms with Gasteiger partial charge in [0.2, 0.25) is 0 Å². The maximum atomic E-state index is 11.9. The molecule has 5 nitrogen and oxygen atoms in total. The van der Waals surface area contributed by atoms with Gasteiger partial charge in [0.25, 0.3) is 0 Å². The molecule has 0 spiro atoms. The molecule has 2 aromatic rings. The standard InChI is InChI=1S/C16H18N2O3/c19-14(20)16(7-2-1-3-8-16)12-5-4-6-13(11-12)18-10-9-17-15(18)21/h4-6,9-11H,1-3,7-8H2,(H,17,21)(H,19,20). The van der Waals surface area contributed by atoms with Crippen molar-refractivity contribution in [1.29, 1.82) is 0 Å². The average Bonchev–Trinajstić information content (AvgIpc) is 2.94. The number of H-pyrrole nitrogens is 1. The highest BCUT2D eigenvalue weighted by Crippen LogP contribution is 2.40. The highest BCUT2D eigenvalue weighted by molar-refractivity contribution is 5.81. The topological polar surface area (TPSA) is 75.1 Å². The molecule has 21 heavy (non-hydrogen) atoms. The lowest BCUT2D eigenvalue weighted by atomic mass is 9.69. The second kappa shape index (κ2) is 5.24. The Morgan fingerprint density at radius 2 is 2.00 bits per heavy atom. The fraction of sp³-hybridized carbons (Fsp3) is 0.375. The molecule has 1 aliphatic carbocycles. The van der Waals surface area contributed by atoms with Crippen LogP contribution in [0.5, 0.6) is 0 Å². The Morgan fingerprint density at radius 1 is 1.24 bits per heavy atom. The number of imidazole rings is 1. The van der Waals surface area contributed by atoms with Crippen LogP contribution in [0.15, 0.2) is 41.5 Å². The van der Waals surface area contributed by atoms with Crippen LogP contribution in [-0.4, -0.2) is 20.6 Å². The summed E-state index contributed by atoms with van der Waals surface area (Å²) in [5, 5.41) is 9.74. The number of aliphatic carboxylic acids is 1. The van der Waals surface area contributed by atoms with Crippen molar-refractivity contribution in [1.82, 2.24) is 9.55 Å². The van der Waals surface area contributed by atoms with E-state index in [9.17, 15) is 14.7 Å². The van der Waals surface area contributed by atoms with Crippen molar-refractivity contribution in [2.75, 3.05) is 0 Å². The predicted molar refractivity (Wildman–Crippen MR) is 78.8 cm³/mol. The third-order valence-electron chi connectivity index (χ3n) is 4.44. The highest BCUT2D eigenvalue weighted by Gasteiger charge is 2.41. The van der Waals surface area contributed by atoms with E-state index in [4.69, 9.17) is 0 Å². The van der Waals surface area contributed by atoms with Crippen LogP contribution in [0.25, 0.3) is 5.69 Å². The summed E-state index contributed by atoms with van der Waals surface area (Å²) in [5.74, 6) is -0.763. The van der Waals surface area contributed by atoms with E-state index in [-0.39, 0.29) is 5.69 Å². The van der Waals surface area contributed by atoms with Gasteiger partial charge in [0.05, 0.1) is 11.1 Å². The van der Waals surface area contributed by atoms with Gasteiger partial charge in [-0.05, 0) is 30.5 Å². The summed E-state index contributed by atoms with van der Waals surface area (Å²) in [5.41, 5.74) is 0.458. The van der Waals surface area contributed by atoms with Gasteiger partial charge in [0.1, 0.15) is 0 Å². The normalized spacial score (nSPS) is 17.5. The number of aromatic nitrogens is 2. The van der Waals surface area contributed by atoms with Gasteiger partial charge in [-0.1, -0.05) is 31.4 Å². The van der Waals surface area contributed by atoms with E-state index in [1.54, 1.807) is 12.4 Å². The SMILES string of the molecule is O=C(O)C1(c2cccc(-n3cc[nH]c3=O)c2)CCCCC1. The van der Waals surface area contributed by atoms with Gasteiger partial charge < -0.3 is 10.1 Å². The third kappa shape index (κ3) is 2.28. The number of hydrogen-bond acceptors (Lipinski definition) is 2. The minimum absolute atomic E-state index is 0.222. The third-order valence-corrected chi connectivity index (χ3v) is 4.44. The number of aromatic amines is 1. The minimum Gasteiger partial charge on any atom is -0.481 e. The quantitative estimate of drug-likeness (QED) is 0.910. The van der Waals surface area contributed by atoms with E-state index in [1.165, 1.54) is 4.57 Å². The second-order valence-corrected chi connectivity index (χ2v) is 5.63. The number of carboxylic acid groups (broad SMARTS) is 1. The molecule has 0 saturated heterocycles. The smallest absolute Gasteiger partial charge is 0.330 e. The summed E-state index contributed by atoms with van der Waals surface area (Å²) in [6, 6.07) is 7.33. The van der Waals surface area contributed by atoms with Gasteiger partial charge in [-0.3, -0.25) is 9.36 Å². The van der Waals surface area contributed by atoms with Crippen molar-refractivity contribution >= 4 is 5.97 Å². The zero-order valence-corrected chi connectivity index (χ0v) is 11.7. The fourth-order valence-electron chi connectivity index (χ4n) is 3.26.